The average Bonchev–Trinajstić information content (AvgIpc) is 3.41. The topological polar surface area (TPSA) is 136 Å². The summed E-state index contributed by atoms with van der Waals surface area (Å²) >= 11 is 0. The van der Waals surface area contributed by atoms with Gasteiger partial charge in [0.2, 0.25) is 23.8 Å². The van der Waals surface area contributed by atoms with Gasteiger partial charge in [0, 0.05) is 39.3 Å². The van der Waals surface area contributed by atoms with Crippen molar-refractivity contribution >= 4 is 34.6 Å². The van der Waals surface area contributed by atoms with E-state index in [-0.39, 0.29) is 11.9 Å². The van der Waals surface area contributed by atoms with Gasteiger partial charge in [0.25, 0.3) is 6.43 Å². The van der Waals surface area contributed by atoms with Crippen LogP contribution < -0.4 is 15.5 Å². The van der Waals surface area contributed by atoms with Crippen LogP contribution in [0, 0.1) is 0 Å². The molecule has 6 rings (SSSR count). The number of aromatic nitrogens is 7. The Kier molecular flexibility index (Phi) is 8.07. The van der Waals surface area contributed by atoms with E-state index in [1.165, 1.54) is 17.0 Å². The molecule has 0 bridgehead atoms. The van der Waals surface area contributed by atoms with Crippen molar-refractivity contribution in [1.29, 1.82) is 0 Å². The van der Waals surface area contributed by atoms with Crippen LogP contribution in [0.1, 0.15) is 18.7 Å². The molecule has 4 aromatic rings. The first-order chi connectivity index (χ1) is 20.1. The monoisotopic (exact) mass is 567 g/mol. The van der Waals surface area contributed by atoms with Gasteiger partial charge in [-0.3, -0.25) is 14.4 Å². The van der Waals surface area contributed by atoms with E-state index in [0.717, 1.165) is 26.1 Å². The molecule has 0 aliphatic carbocycles. The molecular formula is C26H31F2N11O2. The molecule has 3 aromatic heterocycles. The second-order valence-electron chi connectivity index (χ2n) is 9.71. The van der Waals surface area contributed by atoms with Crippen LogP contribution in [0.2, 0.25) is 0 Å². The van der Waals surface area contributed by atoms with Crippen LogP contribution in [0.5, 0.6) is 0 Å². The third-order valence-corrected chi connectivity index (χ3v) is 6.98. The lowest BCUT2D eigenvalue weighted by Gasteiger charge is -2.29. The summed E-state index contributed by atoms with van der Waals surface area (Å²) in [7, 11) is 0. The fraction of sp³-hybridized carbons (Fsp3) is 0.462. The maximum absolute atomic E-state index is 14.3. The van der Waals surface area contributed by atoms with Crippen molar-refractivity contribution in [2.45, 2.75) is 12.8 Å². The van der Waals surface area contributed by atoms with Gasteiger partial charge < -0.3 is 20.1 Å². The molecule has 0 amide bonds. The molecule has 2 fully saturated rings. The van der Waals surface area contributed by atoms with Gasteiger partial charge in [-0.05, 0) is 18.6 Å². The Morgan fingerprint density at radius 2 is 1.54 bits per heavy atom. The smallest absolute Gasteiger partial charge is 0.296 e. The normalized spacial score (nSPS) is 16.5. The molecule has 41 heavy (non-hydrogen) atoms. The van der Waals surface area contributed by atoms with Gasteiger partial charge in [0.05, 0.1) is 55.5 Å². The molecule has 0 atom stereocenters. The van der Waals surface area contributed by atoms with E-state index in [1.807, 2.05) is 4.90 Å². The number of morpholine rings is 2. The number of hydrogen-bond acceptors (Lipinski definition) is 12. The highest BCUT2D eigenvalue weighted by molar-refractivity contribution is 5.77. The van der Waals surface area contributed by atoms with Crippen molar-refractivity contribution in [3.63, 3.8) is 0 Å². The van der Waals surface area contributed by atoms with E-state index in [9.17, 15) is 8.78 Å². The maximum Gasteiger partial charge on any atom is 0.296 e. The van der Waals surface area contributed by atoms with Crippen molar-refractivity contribution in [2.24, 2.45) is 0 Å². The zero-order valence-electron chi connectivity index (χ0n) is 22.4. The van der Waals surface area contributed by atoms with Crippen molar-refractivity contribution in [3.8, 4) is 5.95 Å². The van der Waals surface area contributed by atoms with Gasteiger partial charge in [-0.1, -0.05) is 12.1 Å². The Hall–Kier alpha value is -4.08. The van der Waals surface area contributed by atoms with Gasteiger partial charge in [0.15, 0.2) is 5.82 Å². The predicted molar refractivity (Wildman–Crippen MR) is 148 cm³/mol. The van der Waals surface area contributed by atoms with Crippen LogP contribution in [-0.4, -0.2) is 105 Å². The molecule has 15 heteroatoms. The van der Waals surface area contributed by atoms with Crippen molar-refractivity contribution in [1.82, 2.24) is 39.4 Å². The van der Waals surface area contributed by atoms with E-state index in [4.69, 9.17) is 25.2 Å². The summed E-state index contributed by atoms with van der Waals surface area (Å²) < 4.78 is 40.8. The largest absolute Gasteiger partial charge is 0.396 e. The minimum Gasteiger partial charge on any atom is -0.396 e. The van der Waals surface area contributed by atoms with Crippen LogP contribution in [0.25, 0.3) is 17.0 Å². The van der Waals surface area contributed by atoms with E-state index >= 15 is 0 Å². The number of anilines is 4. The first-order valence-corrected chi connectivity index (χ1v) is 13.6. The second kappa shape index (κ2) is 12.2. The van der Waals surface area contributed by atoms with Crippen LogP contribution in [0.15, 0.2) is 36.7 Å². The highest BCUT2D eigenvalue weighted by Crippen LogP contribution is 2.29. The van der Waals surface area contributed by atoms with Crippen molar-refractivity contribution < 1.29 is 18.3 Å². The molecular weight excluding hydrogens is 536 g/mol. The number of alkyl halides is 2. The molecule has 216 valence electrons. The fourth-order valence-electron chi connectivity index (χ4n) is 4.91. The molecule has 2 aliphatic rings. The first-order valence-electron chi connectivity index (χ1n) is 13.6. The number of nitrogen functional groups attached to an aromatic ring is 1. The van der Waals surface area contributed by atoms with E-state index in [1.54, 1.807) is 29.2 Å². The van der Waals surface area contributed by atoms with Crippen molar-refractivity contribution in [2.75, 3.05) is 81.2 Å². The molecule has 0 radical (unpaired) electrons. The molecule has 1 aromatic carbocycles. The Labute approximate surface area is 235 Å². The standard InChI is InChI=1S/C26H31F2N11O2/c27-21(28)22-32-19-4-1-2-5-20(19)39(22)26-34-24(37-10-14-41-15-11-37)33-25(35-26)38(23-30-16-18(29)17-31-23)7-3-6-36-8-12-40-13-9-36/h1-2,4-5,16-17,21H,3,6-15,29H2. The van der Waals surface area contributed by atoms with Crippen LogP contribution in [0.4, 0.5) is 32.3 Å². The molecule has 0 saturated carbocycles. The Morgan fingerprint density at radius 3 is 2.27 bits per heavy atom. The molecule has 2 aliphatic heterocycles. The second-order valence-corrected chi connectivity index (χ2v) is 9.71. The summed E-state index contributed by atoms with van der Waals surface area (Å²) in [4.78, 5) is 33.3. The number of nitrogens with two attached hydrogens (primary N) is 1. The predicted octanol–water partition coefficient (Wildman–Crippen LogP) is 2.22. The SMILES string of the molecule is Nc1cnc(N(CCCN2CCOCC2)c2nc(N3CCOCC3)nc(-n3c(C(F)F)nc4ccccc43)n2)nc1. The van der Waals surface area contributed by atoms with Crippen molar-refractivity contribution in [3.05, 3.63) is 42.5 Å². The number of para-hydroxylation sites is 2. The number of rotatable bonds is 9. The van der Waals surface area contributed by atoms with Crippen LogP contribution in [-0.2, 0) is 9.47 Å². The number of fused-ring (bicyclic) bond motifs is 1. The lowest BCUT2D eigenvalue weighted by molar-refractivity contribution is 0.0377. The van der Waals surface area contributed by atoms with Crippen LogP contribution in [0.3, 0.4) is 0 Å². The molecule has 0 unspecified atom stereocenters. The summed E-state index contributed by atoms with van der Waals surface area (Å²) in [6, 6.07) is 6.92. The molecule has 0 spiro atoms. The highest BCUT2D eigenvalue weighted by Gasteiger charge is 2.26. The lowest BCUT2D eigenvalue weighted by Crippen LogP contribution is -2.39. The minimum absolute atomic E-state index is 0.0362. The number of ether oxygens (including phenoxy) is 2. The number of hydrogen-bond donors (Lipinski definition) is 1. The van der Waals surface area contributed by atoms with E-state index in [0.29, 0.717) is 74.7 Å². The summed E-state index contributed by atoms with van der Waals surface area (Å²) in [5, 5.41) is 0. The molecule has 2 N–H and O–H groups in total. The third kappa shape index (κ3) is 6.01. The third-order valence-electron chi connectivity index (χ3n) is 6.98. The molecule has 2 saturated heterocycles. The summed E-state index contributed by atoms with van der Waals surface area (Å²) in [5.41, 5.74) is 7.17. The first kappa shape index (κ1) is 27.1. The summed E-state index contributed by atoms with van der Waals surface area (Å²) in [6.45, 7) is 6.51. The van der Waals surface area contributed by atoms with Crippen LogP contribution >= 0.6 is 0 Å². The Morgan fingerprint density at radius 1 is 0.854 bits per heavy atom. The van der Waals surface area contributed by atoms with Gasteiger partial charge in [0.1, 0.15) is 0 Å². The van der Waals surface area contributed by atoms with Gasteiger partial charge in [-0.2, -0.15) is 15.0 Å². The Balaban J connectivity index is 1.44. The highest BCUT2D eigenvalue weighted by atomic mass is 19.3. The van der Waals surface area contributed by atoms with Gasteiger partial charge >= 0.3 is 0 Å². The minimum atomic E-state index is -2.85. The number of halogens is 2. The number of imidazole rings is 1. The lowest BCUT2D eigenvalue weighted by atomic mass is 10.3. The summed E-state index contributed by atoms with van der Waals surface area (Å²) in [6.07, 6.45) is 0.929. The zero-order chi connectivity index (χ0) is 28.2. The Bertz CT molecular complexity index is 1460. The number of nitrogens with zero attached hydrogens (tertiary/aromatic N) is 10. The number of benzene rings is 1. The quantitative estimate of drug-likeness (QED) is 0.318. The molecule has 5 heterocycles. The molecule has 13 nitrogen and oxygen atoms in total. The van der Waals surface area contributed by atoms with Gasteiger partial charge in [-0.15, -0.1) is 0 Å². The maximum atomic E-state index is 14.3. The fourth-order valence-corrected chi connectivity index (χ4v) is 4.91. The van der Waals surface area contributed by atoms with E-state index < -0.39 is 12.2 Å². The average molecular weight is 568 g/mol. The van der Waals surface area contributed by atoms with Gasteiger partial charge in [-0.25, -0.2) is 23.7 Å². The summed E-state index contributed by atoms with van der Waals surface area (Å²) in [5.74, 6) is 0.519. The van der Waals surface area contributed by atoms with E-state index in [2.05, 4.69) is 24.8 Å². The zero-order valence-corrected chi connectivity index (χ0v) is 22.4.